The van der Waals surface area contributed by atoms with Crippen LogP contribution in [0.1, 0.15) is 31.1 Å². The van der Waals surface area contributed by atoms with Crippen molar-refractivity contribution in [3.8, 4) is 17.0 Å². The number of nitrogens with one attached hydrogen (secondary N) is 1. The molecule has 1 saturated heterocycles. The number of ether oxygens (including phenoxy) is 1. The fraction of sp³-hybridized carbons (Fsp3) is 0.273. The number of halogens is 1. The van der Waals surface area contributed by atoms with Gasteiger partial charge in [0.15, 0.2) is 6.61 Å². The van der Waals surface area contributed by atoms with Crippen LogP contribution in [0.5, 0.6) is 5.75 Å². The van der Waals surface area contributed by atoms with Crippen LogP contribution in [0.3, 0.4) is 0 Å². The van der Waals surface area contributed by atoms with Crippen molar-refractivity contribution in [3.05, 3.63) is 71.1 Å². The molecule has 6 heteroatoms. The summed E-state index contributed by atoms with van der Waals surface area (Å²) in [6.45, 7) is 0.746. The van der Waals surface area contributed by atoms with E-state index in [9.17, 15) is 4.79 Å². The van der Waals surface area contributed by atoms with Crippen molar-refractivity contribution in [3.63, 3.8) is 0 Å². The number of nitrogens with zero attached hydrogens (tertiary/aromatic N) is 2. The highest BCUT2D eigenvalue weighted by molar-refractivity contribution is 9.10. The standard InChI is InChI=1S/C22H22BrN3O2/c23-17-10-4-5-12-20(17)28-15-21(27)26-13-7-6-11-19(26)22-24-14-18(25-22)16-8-2-1-3-9-16/h1-5,8-10,12,14,19H,6-7,11,13,15H2,(H,24,25)/t19-/m0/s1. The van der Waals surface area contributed by atoms with Gasteiger partial charge in [-0.1, -0.05) is 42.5 Å². The normalized spacial score (nSPS) is 16.8. The lowest BCUT2D eigenvalue weighted by Gasteiger charge is -2.34. The molecule has 5 nitrogen and oxygen atoms in total. The third-order valence-electron chi connectivity index (χ3n) is 5.01. The predicted octanol–water partition coefficient (Wildman–Crippen LogP) is 4.97. The van der Waals surface area contributed by atoms with E-state index in [1.165, 1.54) is 0 Å². The highest BCUT2D eigenvalue weighted by Crippen LogP contribution is 2.31. The Morgan fingerprint density at radius 3 is 2.75 bits per heavy atom. The summed E-state index contributed by atoms with van der Waals surface area (Å²) in [6, 6.07) is 17.6. The molecule has 3 aromatic rings. The number of imidazole rings is 1. The Balaban J connectivity index is 1.48. The van der Waals surface area contributed by atoms with Gasteiger partial charge in [0.1, 0.15) is 11.6 Å². The Bertz CT molecular complexity index is 942. The van der Waals surface area contributed by atoms with Crippen molar-refractivity contribution in [1.82, 2.24) is 14.9 Å². The number of carbonyl (C=O) groups is 1. The lowest BCUT2D eigenvalue weighted by molar-refractivity contribution is -0.137. The number of piperidine rings is 1. The van der Waals surface area contributed by atoms with Gasteiger partial charge in [-0.05, 0) is 52.9 Å². The fourth-order valence-electron chi connectivity index (χ4n) is 3.57. The van der Waals surface area contributed by atoms with Crippen LogP contribution in [0, 0.1) is 0 Å². The zero-order valence-corrected chi connectivity index (χ0v) is 17.1. The van der Waals surface area contributed by atoms with Gasteiger partial charge in [0.25, 0.3) is 5.91 Å². The molecule has 1 aromatic heterocycles. The average molecular weight is 440 g/mol. The molecular formula is C22H22BrN3O2. The number of hydrogen-bond donors (Lipinski definition) is 1. The minimum atomic E-state index is -0.0403. The maximum Gasteiger partial charge on any atom is 0.261 e. The van der Waals surface area contributed by atoms with Gasteiger partial charge in [-0.2, -0.15) is 0 Å². The summed E-state index contributed by atoms with van der Waals surface area (Å²) >= 11 is 3.45. The Kier molecular flexibility index (Phi) is 5.76. The molecule has 1 aliphatic rings. The molecule has 1 fully saturated rings. The second kappa shape index (κ2) is 8.61. The molecule has 0 aliphatic carbocycles. The SMILES string of the molecule is O=C(COc1ccccc1Br)N1CCCC[C@H]1c1ncc(-c2ccccc2)[nH]1. The van der Waals surface area contributed by atoms with Crippen molar-refractivity contribution >= 4 is 21.8 Å². The first-order chi connectivity index (χ1) is 13.7. The van der Waals surface area contributed by atoms with Gasteiger partial charge in [0.2, 0.25) is 0 Å². The first-order valence-corrected chi connectivity index (χ1v) is 10.3. The van der Waals surface area contributed by atoms with E-state index >= 15 is 0 Å². The number of rotatable bonds is 5. The van der Waals surface area contributed by atoms with Crippen LogP contribution >= 0.6 is 15.9 Å². The maximum absolute atomic E-state index is 12.9. The number of H-pyrrole nitrogens is 1. The van der Waals surface area contributed by atoms with Gasteiger partial charge in [-0.15, -0.1) is 0 Å². The highest BCUT2D eigenvalue weighted by Gasteiger charge is 2.30. The molecule has 4 rings (SSSR count). The number of benzene rings is 2. The first kappa shape index (κ1) is 18.7. The Labute approximate surface area is 172 Å². The predicted molar refractivity (Wildman–Crippen MR) is 112 cm³/mol. The van der Waals surface area contributed by atoms with Crippen LogP contribution in [-0.2, 0) is 4.79 Å². The third-order valence-corrected chi connectivity index (χ3v) is 5.66. The van der Waals surface area contributed by atoms with Crippen LogP contribution in [0.4, 0.5) is 0 Å². The summed E-state index contributed by atoms with van der Waals surface area (Å²) in [7, 11) is 0. The van der Waals surface area contributed by atoms with E-state index in [1.54, 1.807) is 0 Å². The summed E-state index contributed by atoms with van der Waals surface area (Å²) in [5.74, 6) is 1.50. The van der Waals surface area contributed by atoms with Gasteiger partial charge in [-0.3, -0.25) is 4.79 Å². The Hall–Kier alpha value is -2.60. The quantitative estimate of drug-likeness (QED) is 0.610. The molecule has 0 saturated carbocycles. The van der Waals surface area contributed by atoms with Crippen LogP contribution < -0.4 is 4.74 Å². The second-order valence-electron chi connectivity index (χ2n) is 6.87. The molecule has 0 unspecified atom stereocenters. The van der Waals surface area contributed by atoms with Crippen molar-refractivity contribution in [2.24, 2.45) is 0 Å². The zero-order chi connectivity index (χ0) is 19.3. The number of aromatic amines is 1. The number of hydrogen-bond acceptors (Lipinski definition) is 3. The van der Waals surface area contributed by atoms with Gasteiger partial charge < -0.3 is 14.6 Å². The molecule has 0 spiro atoms. The molecule has 28 heavy (non-hydrogen) atoms. The number of likely N-dealkylation sites (tertiary alicyclic amines) is 1. The smallest absolute Gasteiger partial charge is 0.261 e. The summed E-state index contributed by atoms with van der Waals surface area (Å²) in [5, 5.41) is 0. The topological polar surface area (TPSA) is 58.2 Å². The van der Waals surface area contributed by atoms with Crippen molar-refractivity contribution in [1.29, 1.82) is 0 Å². The lowest BCUT2D eigenvalue weighted by atomic mass is 10.0. The Morgan fingerprint density at radius 1 is 1.14 bits per heavy atom. The number of para-hydroxylation sites is 1. The lowest BCUT2D eigenvalue weighted by Crippen LogP contribution is -2.41. The van der Waals surface area contributed by atoms with Crippen molar-refractivity contribution in [2.75, 3.05) is 13.2 Å². The average Bonchev–Trinajstić information content (AvgIpc) is 3.24. The molecule has 1 aliphatic heterocycles. The number of aromatic nitrogens is 2. The van der Waals surface area contributed by atoms with Gasteiger partial charge >= 0.3 is 0 Å². The van der Waals surface area contributed by atoms with Crippen molar-refractivity contribution in [2.45, 2.75) is 25.3 Å². The molecule has 1 amide bonds. The zero-order valence-electron chi connectivity index (χ0n) is 15.5. The summed E-state index contributed by atoms with van der Waals surface area (Å²) < 4.78 is 6.59. The molecule has 1 N–H and O–H groups in total. The minimum Gasteiger partial charge on any atom is -0.483 e. The van der Waals surface area contributed by atoms with E-state index in [4.69, 9.17) is 4.74 Å². The molecule has 2 heterocycles. The second-order valence-corrected chi connectivity index (χ2v) is 7.72. The van der Waals surface area contributed by atoms with E-state index in [0.29, 0.717) is 5.75 Å². The van der Waals surface area contributed by atoms with Gasteiger partial charge in [0.05, 0.1) is 22.4 Å². The summed E-state index contributed by atoms with van der Waals surface area (Å²) in [5.41, 5.74) is 2.06. The fourth-order valence-corrected chi connectivity index (χ4v) is 3.97. The first-order valence-electron chi connectivity index (χ1n) is 9.49. The molecule has 0 radical (unpaired) electrons. The van der Waals surface area contributed by atoms with E-state index in [-0.39, 0.29) is 18.6 Å². The van der Waals surface area contributed by atoms with E-state index in [1.807, 2.05) is 65.7 Å². The maximum atomic E-state index is 12.9. The largest absolute Gasteiger partial charge is 0.483 e. The van der Waals surface area contributed by atoms with E-state index in [2.05, 4.69) is 25.9 Å². The van der Waals surface area contributed by atoms with Crippen molar-refractivity contribution < 1.29 is 9.53 Å². The van der Waals surface area contributed by atoms with Crippen LogP contribution in [-0.4, -0.2) is 33.9 Å². The molecule has 1 atom stereocenters. The number of amides is 1. The highest BCUT2D eigenvalue weighted by atomic mass is 79.9. The van der Waals surface area contributed by atoms with E-state index < -0.39 is 0 Å². The monoisotopic (exact) mass is 439 g/mol. The molecule has 144 valence electrons. The van der Waals surface area contributed by atoms with Crippen LogP contribution in [0.15, 0.2) is 65.3 Å². The molecule has 2 aromatic carbocycles. The summed E-state index contributed by atoms with van der Waals surface area (Å²) in [6.07, 6.45) is 4.84. The summed E-state index contributed by atoms with van der Waals surface area (Å²) in [4.78, 5) is 22.8. The van der Waals surface area contributed by atoms with Crippen LogP contribution in [0.2, 0.25) is 0 Å². The Morgan fingerprint density at radius 2 is 1.93 bits per heavy atom. The third kappa shape index (κ3) is 4.12. The minimum absolute atomic E-state index is 0.0156. The molecular weight excluding hydrogens is 418 g/mol. The van der Waals surface area contributed by atoms with Gasteiger partial charge in [-0.25, -0.2) is 4.98 Å². The van der Waals surface area contributed by atoms with Crippen LogP contribution in [0.25, 0.3) is 11.3 Å². The molecule has 0 bridgehead atoms. The van der Waals surface area contributed by atoms with E-state index in [0.717, 1.165) is 47.4 Å². The van der Waals surface area contributed by atoms with Gasteiger partial charge in [0, 0.05) is 6.54 Å². The number of carbonyl (C=O) groups excluding carboxylic acids is 1.